The third kappa shape index (κ3) is 4.13. The van der Waals surface area contributed by atoms with E-state index in [1.807, 2.05) is 0 Å². The SMILES string of the molecule is Cc1ccc2c(=O)c(S(=O)(=O)c3ccccc3)cn(CC(=O)NCc3ccco3)c2n1. The van der Waals surface area contributed by atoms with E-state index in [4.69, 9.17) is 4.42 Å². The largest absolute Gasteiger partial charge is 0.467 e. The second-order valence-electron chi connectivity index (χ2n) is 6.95. The average Bonchev–Trinajstić information content (AvgIpc) is 3.28. The normalized spacial score (nSPS) is 11.5. The molecule has 1 N–H and O–H groups in total. The number of hydrogen-bond acceptors (Lipinski definition) is 6. The number of rotatable bonds is 6. The number of aromatic nitrogens is 2. The van der Waals surface area contributed by atoms with Crippen LogP contribution in [0.5, 0.6) is 0 Å². The van der Waals surface area contributed by atoms with E-state index in [9.17, 15) is 18.0 Å². The van der Waals surface area contributed by atoms with Gasteiger partial charge in [-0.15, -0.1) is 0 Å². The number of hydrogen-bond donors (Lipinski definition) is 1. The van der Waals surface area contributed by atoms with Gasteiger partial charge in [-0.1, -0.05) is 18.2 Å². The predicted octanol–water partition coefficient (Wildman–Crippen LogP) is 2.45. The smallest absolute Gasteiger partial charge is 0.240 e. The maximum Gasteiger partial charge on any atom is 0.240 e. The number of pyridine rings is 2. The molecule has 3 heterocycles. The molecule has 0 aliphatic heterocycles. The van der Waals surface area contributed by atoms with Gasteiger partial charge >= 0.3 is 0 Å². The van der Waals surface area contributed by atoms with Crippen LogP contribution in [-0.4, -0.2) is 23.9 Å². The number of carbonyl (C=O) groups excluding carboxylic acids is 1. The van der Waals surface area contributed by atoms with E-state index in [1.54, 1.807) is 43.3 Å². The van der Waals surface area contributed by atoms with Gasteiger partial charge in [0.05, 0.1) is 23.1 Å². The molecule has 31 heavy (non-hydrogen) atoms. The molecule has 0 fully saturated rings. The highest BCUT2D eigenvalue weighted by molar-refractivity contribution is 7.91. The summed E-state index contributed by atoms with van der Waals surface area (Å²) in [6.45, 7) is 1.72. The Morgan fingerprint density at radius 2 is 1.87 bits per heavy atom. The number of aryl methyl sites for hydroxylation is 1. The summed E-state index contributed by atoms with van der Waals surface area (Å²) < 4.78 is 32.9. The zero-order chi connectivity index (χ0) is 22.0. The van der Waals surface area contributed by atoms with Crippen LogP contribution < -0.4 is 10.7 Å². The Morgan fingerprint density at radius 1 is 1.10 bits per heavy atom. The monoisotopic (exact) mass is 437 g/mol. The Kier molecular flexibility index (Phi) is 5.43. The van der Waals surface area contributed by atoms with Crippen LogP contribution in [0.25, 0.3) is 11.0 Å². The Hall–Kier alpha value is -3.72. The Morgan fingerprint density at radius 3 is 2.58 bits per heavy atom. The fraction of sp³-hybridized carbons (Fsp3) is 0.136. The van der Waals surface area contributed by atoms with Crippen LogP contribution in [-0.2, 0) is 27.7 Å². The molecule has 0 bridgehead atoms. The lowest BCUT2D eigenvalue weighted by Gasteiger charge is -2.13. The number of nitrogens with one attached hydrogen (secondary N) is 1. The van der Waals surface area contributed by atoms with E-state index in [2.05, 4.69) is 10.3 Å². The quantitative estimate of drug-likeness (QED) is 0.496. The second-order valence-corrected chi connectivity index (χ2v) is 8.86. The molecule has 0 unspecified atom stereocenters. The summed E-state index contributed by atoms with van der Waals surface area (Å²) in [5.74, 6) is 0.201. The summed E-state index contributed by atoms with van der Waals surface area (Å²) in [4.78, 5) is 29.5. The molecule has 8 nitrogen and oxygen atoms in total. The van der Waals surface area contributed by atoms with Gasteiger partial charge in [0.2, 0.25) is 21.2 Å². The number of fused-ring (bicyclic) bond motifs is 1. The number of benzene rings is 1. The summed E-state index contributed by atoms with van der Waals surface area (Å²) in [5, 5.41) is 2.83. The van der Waals surface area contributed by atoms with E-state index >= 15 is 0 Å². The number of nitrogens with zero attached hydrogens (tertiary/aromatic N) is 2. The van der Waals surface area contributed by atoms with Crippen molar-refractivity contribution in [2.45, 2.75) is 29.8 Å². The summed E-state index contributed by atoms with van der Waals surface area (Å²) in [6.07, 6.45) is 2.69. The molecule has 0 aliphatic rings. The lowest BCUT2D eigenvalue weighted by molar-refractivity contribution is -0.121. The van der Waals surface area contributed by atoms with Crippen molar-refractivity contribution in [2.75, 3.05) is 0 Å². The summed E-state index contributed by atoms with van der Waals surface area (Å²) >= 11 is 0. The van der Waals surface area contributed by atoms with E-state index in [-0.39, 0.29) is 34.9 Å². The van der Waals surface area contributed by atoms with Crippen LogP contribution in [0.2, 0.25) is 0 Å². The third-order valence-electron chi connectivity index (χ3n) is 4.72. The van der Waals surface area contributed by atoms with E-state index in [1.165, 1.54) is 35.2 Å². The van der Waals surface area contributed by atoms with Crippen LogP contribution in [0.3, 0.4) is 0 Å². The zero-order valence-corrected chi connectivity index (χ0v) is 17.4. The minimum absolute atomic E-state index is 0.000316. The van der Waals surface area contributed by atoms with Crippen LogP contribution in [0.1, 0.15) is 11.5 Å². The molecule has 0 spiro atoms. The molecular formula is C22H19N3O5S. The molecule has 1 aromatic carbocycles. The molecule has 4 aromatic rings. The van der Waals surface area contributed by atoms with Crippen molar-refractivity contribution in [2.24, 2.45) is 0 Å². The molecule has 158 valence electrons. The van der Waals surface area contributed by atoms with Gasteiger partial charge < -0.3 is 14.3 Å². The minimum atomic E-state index is -4.09. The Bertz CT molecular complexity index is 1410. The molecule has 0 saturated heterocycles. The summed E-state index contributed by atoms with van der Waals surface area (Å²) in [7, 11) is -4.09. The first-order valence-corrected chi connectivity index (χ1v) is 10.9. The highest BCUT2D eigenvalue weighted by atomic mass is 32.2. The fourth-order valence-corrected chi connectivity index (χ4v) is 4.57. The molecule has 0 radical (unpaired) electrons. The molecule has 0 aliphatic carbocycles. The van der Waals surface area contributed by atoms with Gasteiger partial charge in [-0.3, -0.25) is 9.59 Å². The van der Waals surface area contributed by atoms with Crippen molar-refractivity contribution >= 4 is 26.8 Å². The van der Waals surface area contributed by atoms with Gasteiger partial charge in [-0.2, -0.15) is 0 Å². The van der Waals surface area contributed by atoms with Crippen molar-refractivity contribution in [1.29, 1.82) is 0 Å². The van der Waals surface area contributed by atoms with Crippen molar-refractivity contribution in [3.05, 3.63) is 88.7 Å². The molecular weight excluding hydrogens is 418 g/mol. The number of sulfone groups is 1. The van der Waals surface area contributed by atoms with Crippen molar-refractivity contribution in [3.8, 4) is 0 Å². The van der Waals surface area contributed by atoms with Gasteiger partial charge in [0.15, 0.2) is 0 Å². The van der Waals surface area contributed by atoms with E-state index < -0.39 is 20.2 Å². The summed E-state index contributed by atoms with van der Waals surface area (Å²) in [5.41, 5.74) is 0.221. The topological polar surface area (TPSA) is 111 Å². The second kappa shape index (κ2) is 8.19. The van der Waals surface area contributed by atoms with Gasteiger partial charge in [-0.05, 0) is 43.3 Å². The van der Waals surface area contributed by atoms with Crippen molar-refractivity contribution < 1.29 is 17.6 Å². The number of amides is 1. The zero-order valence-electron chi connectivity index (χ0n) is 16.6. The standard InChI is InChI=1S/C22H19N3O5S/c1-15-9-10-18-21(27)19(31(28,29)17-7-3-2-4-8-17)13-25(22(18)24-15)14-20(26)23-12-16-6-5-11-30-16/h2-11,13H,12,14H2,1H3,(H,23,26). The molecule has 9 heteroatoms. The number of carbonyl (C=O) groups is 1. The maximum atomic E-state index is 13.1. The van der Waals surface area contributed by atoms with Crippen molar-refractivity contribution in [3.63, 3.8) is 0 Å². The molecule has 0 atom stereocenters. The third-order valence-corrected chi connectivity index (χ3v) is 6.49. The van der Waals surface area contributed by atoms with Gasteiger partial charge in [0, 0.05) is 11.9 Å². The first kappa shape index (κ1) is 20.5. The number of furan rings is 1. The molecule has 1 amide bonds. The van der Waals surface area contributed by atoms with Crippen LogP contribution in [0, 0.1) is 6.92 Å². The van der Waals surface area contributed by atoms with Crippen LogP contribution in [0.4, 0.5) is 0 Å². The van der Waals surface area contributed by atoms with E-state index in [0.717, 1.165) is 0 Å². The van der Waals surface area contributed by atoms with Gasteiger partial charge in [0.25, 0.3) is 0 Å². The Labute approximate surface area is 178 Å². The predicted molar refractivity (Wildman–Crippen MR) is 113 cm³/mol. The van der Waals surface area contributed by atoms with E-state index in [0.29, 0.717) is 11.5 Å². The highest BCUT2D eigenvalue weighted by Gasteiger charge is 2.24. The van der Waals surface area contributed by atoms with Crippen molar-refractivity contribution in [1.82, 2.24) is 14.9 Å². The minimum Gasteiger partial charge on any atom is -0.467 e. The van der Waals surface area contributed by atoms with Gasteiger partial charge in [0.1, 0.15) is 22.8 Å². The molecule has 0 saturated carbocycles. The van der Waals surface area contributed by atoms with Crippen LogP contribution >= 0.6 is 0 Å². The Balaban J connectivity index is 1.78. The maximum absolute atomic E-state index is 13.1. The lowest BCUT2D eigenvalue weighted by Crippen LogP contribution is -2.29. The molecule has 4 rings (SSSR count). The fourth-order valence-electron chi connectivity index (χ4n) is 3.18. The first-order valence-electron chi connectivity index (χ1n) is 9.46. The highest BCUT2D eigenvalue weighted by Crippen LogP contribution is 2.20. The lowest BCUT2D eigenvalue weighted by atomic mass is 10.2. The molecule has 3 aromatic heterocycles. The average molecular weight is 437 g/mol. The first-order chi connectivity index (χ1) is 14.9. The van der Waals surface area contributed by atoms with Gasteiger partial charge in [-0.25, -0.2) is 13.4 Å². The van der Waals surface area contributed by atoms with Crippen LogP contribution in [0.15, 0.2) is 86.1 Å². The summed E-state index contributed by atoms with van der Waals surface area (Å²) in [6, 6.07) is 14.3.